The first-order chi connectivity index (χ1) is 9.78. The van der Waals surface area contributed by atoms with Crippen LogP contribution in [0.1, 0.15) is 24.8 Å². The predicted octanol–water partition coefficient (Wildman–Crippen LogP) is 2.56. The van der Waals surface area contributed by atoms with Gasteiger partial charge in [-0.05, 0) is 76.0 Å². The zero-order chi connectivity index (χ0) is 14.2. The molecule has 1 N–H and O–H groups in total. The summed E-state index contributed by atoms with van der Waals surface area (Å²) in [5.74, 6) is 1.83. The number of ether oxygens (including phenoxy) is 1. The molecule has 0 amide bonds. The van der Waals surface area contributed by atoms with Crippen molar-refractivity contribution >= 4 is 0 Å². The van der Waals surface area contributed by atoms with E-state index in [0.29, 0.717) is 0 Å². The summed E-state index contributed by atoms with van der Waals surface area (Å²) < 4.78 is 5.18. The number of methoxy groups -OCH3 is 1. The number of piperidine rings is 1. The van der Waals surface area contributed by atoms with E-state index in [1.165, 1.54) is 51.0 Å². The molecule has 0 spiro atoms. The predicted molar refractivity (Wildman–Crippen MR) is 84.4 cm³/mol. The number of hydrogen-bond acceptors (Lipinski definition) is 3. The van der Waals surface area contributed by atoms with Gasteiger partial charge in [0.1, 0.15) is 5.75 Å². The topological polar surface area (TPSA) is 24.5 Å². The van der Waals surface area contributed by atoms with E-state index in [9.17, 15) is 0 Å². The van der Waals surface area contributed by atoms with Crippen LogP contribution in [0.25, 0.3) is 0 Å². The molecule has 1 aromatic rings. The second-order valence-corrected chi connectivity index (χ2v) is 5.91. The van der Waals surface area contributed by atoms with Crippen molar-refractivity contribution in [1.29, 1.82) is 0 Å². The summed E-state index contributed by atoms with van der Waals surface area (Å²) >= 11 is 0. The molecule has 0 atom stereocenters. The Hall–Kier alpha value is -1.06. The van der Waals surface area contributed by atoms with Gasteiger partial charge in [0.2, 0.25) is 0 Å². The van der Waals surface area contributed by atoms with Gasteiger partial charge in [-0.25, -0.2) is 0 Å². The van der Waals surface area contributed by atoms with Crippen molar-refractivity contribution in [2.75, 3.05) is 40.3 Å². The van der Waals surface area contributed by atoms with Gasteiger partial charge in [-0.3, -0.25) is 0 Å². The van der Waals surface area contributed by atoms with E-state index in [1.807, 2.05) is 12.1 Å². The summed E-state index contributed by atoms with van der Waals surface area (Å²) in [7, 11) is 3.97. The van der Waals surface area contributed by atoms with Crippen LogP contribution in [0.5, 0.6) is 5.75 Å². The molecule has 1 aliphatic heterocycles. The molecule has 0 bridgehead atoms. The number of hydrogen-bond donors (Lipinski definition) is 1. The molecule has 3 heteroatoms. The fourth-order valence-electron chi connectivity index (χ4n) is 2.94. The van der Waals surface area contributed by atoms with Gasteiger partial charge >= 0.3 is 0 Å². The molecule has 0 aliphatic carbocycles. The number of nitrogens with zero attached hydrogens (tertiary/aromatic N) is 1. The Kier molecular flexibility index (Phi) is 6.34. The Labute approximate surface area is 123 Å². The third-order valence-electron chi connectivity index (χ3n) is 4.19. The van der Waals surface area contributed by atoms with Crippen LogP contribution < -0.4 is 10.1 Å². The Morgan fingerprint density at radius 1 is 1.20 bits per heavy atom. The molecular weight excluding hydrogens is 248 g/mol. The number of rotatable bonds is 7. The van der Waals surface area contributed by atoms with Crippen molar-refractivity contribution in [3.8, 4) is 5.75 Å². The highest BCUT2D eigenvalue weighted by Crippen LogP contribution is 2.14. The second-order valence-electron chi connectivity index (χ2n) is 5.91. The van der Waals surface area contributed by atoms with Gasteiger partial charge in [-0.15, -0.1) is 0 Å². The average Bonchev–Trinajstić information content (AvgIpc) is 2.49. The number of benzene rings is 1. The van der Waals surface area contributed by atoms with Crippen LogP contribution in [0.4, 0.5) is 0 Å². The summed E-state index contributed by atoms with van der Waals surface area (Å²) in [4.78, 5) is 2.50. The standard InChI is InChI=1S/C17H28N2O/c1-19(14-16-9-11-18-12-10-16)13-3-4-15-5-7-17(20-2)8-6-15/h5-8,16,18H,3-4,9-14H2,1-2H3. The minimum absolute atomic E-state index is 0.891. The van der Waals surface area contributed by atoms with E-state index in [4.69, 9.17) is 4.74 Å². The Morgan fingerprint density at radius 3 is 2.55 bits per heavy atom. The third kappa shape index (κ3) is 5.14. The maximum absolute atomic E-state index is 5.18. The summed E-state index contributed by atoms with van der Waals surface area (Å²) in [6.07, 6.45) is 5.06. The molecule has 0 unspecified atom stereocenters. The Bertz CT molecular complexity index is 371. The molecule has 1 aliphatic rings. The van der Waals surface area contributed by atoms with Crippen molar-refractivity contribution < 1.29 is 4.74 Å². The van der Waals surface area contributed by atoms with Crippen molar-refractivity contribution in [3.63, 3.8) is 0 Å². The van der Waals surface area contributed by atoms with E-state index in [-0.39, 0.29) is 0 Å². The van der Waals surface area contributed by atoms with Crippen LogP contribution >= 0.6 is 0 Å². The Balaban J connectivity index is 1.63. The minimum atomic E-state index is 0.891. The quantitative estimate of drug-likeness (QED) is 0.828. The van der Waals surface area contributed by atoms with Gasteiger partial charge in [-0.1, -0.05) is 12.1 Å². The molecule has 2 rings (SSSR count). The van der Waals surface area contributed by atoms with E-state index in [1.54, 1.807) is 7.11 Å². The lowest BCUT2D eigenvalue weighted by Crippen LogP contribution is -2.35. The molecule has 1 aromatic carbocycles. The van der Waals surface area contributed by atoms with Gasteiger partial charge < -0.3 is 15.0 Å². The molecule has 3 nitrogen and oxygen atoms in total. The maximum atomic E-state index is 5.18. The van der Waals surface area contributed by atoms with Gasteiger partial charge in [0, 0.05) is 6.54 Å². The first-order valence-corrected chi connectivity index (χ1v) is 7.80. The smallest absolute Gasteiger partial charge is 0.118 e. The van der Waals surface area contributed by atoms with Gasteiger partial charge in [0.15, 0.2) is 0 Å². The van der Waals surface area contributed by atoms with Crippen LogP contribution in [0.15, 0.2) is 24.3 Å². The maximum Gasteiger partial charge on any atom is 0.118 e. The second kappa shape index (κ2) is 8.28. The van der Waals surface area contributed by atoms with Crippen molar-refractivity contribution in [2.45, 2.75) is 25.7 Å². The first kappa shape index (κ1) is 15.3. The summed E-state index contributed by atoms with van der Waals surface area (Å²) in [6.45, 7) is 4.84. The fourth-order valence-corrected chi connectivity index (χ4v) is 2.94. The molecule has 20 heavy (non-hydrogen) atoms. The average molecular weight is 276 g/mol. The molecule has 1 saturated heterocycles. The highest BCUT2D eigenvalue weighted by molar-refractivity contribution is 5.27. The van der Waals surface area contributed by atoms with Gasteiger partial charge in [-0.2, -0.15) is 0 Å². The van der Waals surface area contributed by atoms with Crippen molar-refractivity contribution in [3.05, 3.63) is 29.8 Å². The lowest BCUT2D eigenvalue weighted by Gasteiger charge is -2.27. The van der Waals surface area contributed by atoms with E-state index in [2.05, 4.69) is 29.4 Å². The van der Waals surface area contributed by atoms with Crippen molar-refractivity contribution in [1.82, 2.24) is 10.2 Å². The number of nitrogens with one attached hydrogen (secondary N) is 1. The van der Waals surface area contributed by atoms with E-state index in [0.717, 1.165) is 18.1 Å². The van der Waals surface area contributed by atoms with E-state index >= 15 is 0 Å². The third-order valence-corrected chi connectivity index (χ3v) is 4.19. The monoisotopic (exact) mass is 276 g/mol. The molecular formula is C17H28N2O. The molecule has 1 heterocycles. The van der Waals surface area contributed by atoms with Crippen LogP contribution in [-0.2, 0) is 6.42 Å². The lowest BCUT2D eigenvalue weighted by molar-refractivity contribution is 0.238. The zero-order valence-electron chi connectivity index (χ0n) is 12.9. The molecule has 1 fully saturated rings. The highest BCUT2D eigenvalue weighted by atomic mass is 16.5. The molecule has 0 radical (unpaired) electrons. The highest BCUT2D eigenvalue weighted by Gasteiger charge is 2.14. The summed E-state index contributed by atoms with van der Waals surface area (Å²) in [5, 5.41) is 3.43. The van der Waals surface area contributed by atoms with Gasteiger partial charge in [0.05, 0.1) is 7.11 Å². The minimum Gasteiger partial charge on any atom is -0.497 e. The molecule has 0 saturated carbocycles. The first-order valence-electron chi connectivity index (χ1n) is 7.80. The summed E-state index contributed by atoms with van der Waals surface area (Å²) in [6, 6.07) is 8.44. The lowest BCUT2D eigenvalue weighted by atomic mass is 9.97. The fraction of sp³-hybridized carbons (Fsp3) is 0.647. The zero-order valence-corrected chi connectivity index (χ0v) is 12.9. The molecule has 0 aromatic heterocycles. The molecule has 112 valence electrons. The van der Waals surface area contributed by atoms with Crippen LogP contribution in [0.2, 0.25) is 0 Å². The Morgan fingerprint density at radius 2 is 1.90 bits per heavy atom. The van der Waals surface area contributed by atoms with Crippen LogP contribution in [0.3, 0.4) is 0 Å². The van der Waals surface area contributed by atoms with Crippen LogP contribution in [-0.4, -0.2) is 45.2 Å². The van der Waals surface area contributed by atoms with Crippen LogP contribution in [0, 0.1) is 5.92 Å². The van der Waals surface area contributed by atoms with Crippen molar-refractivity contribution in [2.24, 2.45) is 5.92 Å². The summed E-state index contributed by atoms with van der Waals surface area (Å²) in [5.41, 5.74) is 1.40. The van der Waals surface area contributed by atoms with E-state index < -0.39 is 0 Å². The normalized spacial score (nSPS) is 16.6. The largest absolute Gasteiger partial charge is 0.497 e. The SMILES string of the molecule is COc1ccc(CCCN(C)CC2CCNCC2)cc1. The number of aryl methyl sites for hydroxylation is 1. The van der Waals surface area contributed by atoms with Gasteiger partial charge in [0.25, 0.3) is 0 Å².